The number of nitrogens with zero attached hydrogens (tertiary/aromatic N) is 3. The van der Waals surface area contributed by atoms with E-state index < -0.39 is 0 Å². The zero-order valence-corrected chi connectivity index (χ0v) is 10.8. The van der Waals surface area contributed by atoms with Gasteiger partial charge in [0, 0.05) is 37.6 Å². The molecule has 0 spiro atoms. The average molecular weight is 250 g/mol. The smallest absolute Gasteiger partial charge is 0.0594 e. The molecule has 1 aromatic heterocycles. The first kappa shape index (κ1) is 13.3. The van der Waals surface area contributed by atoms with Crippen molar-refractivity contribution in [3.05, 3.63) is 24.5 Å². The molecular formula is C13H22N4O. The van der Waals surface area contributed by atoms with Crippen LogP contribution in [-0.4, -0.2) is 54.1 Å². The Labute approximate surface area is 108 Å². The molecule has 0 amide bonds. The normalized spacial score (nSPS) is 16.9. The van der Waals surface area contributed by atoms with Crippen LogP contribution in [0.5, 0.6) is 0 Å². The van der Waals surface area contributed by atoms with Gasteiger partial charge in [0.15, 0.2) is 0 Å². The van der Waals surface area contributed by atoms with Crippen LogP contribution in [0.4, 0.5) is 0 Å². The lowest BCUT2D eigenvalue weighted by Crippen LogP contribution is -2.37. The second kappa shape index (κ2) is 7.31. The van der Waals surface area contributed by atoms with Gasteiger partial charge in [-0.3, -0.25) is 4.90 Å². The van der Waals surface area contributed by atoms with Crippen molar-refractivity contribution < 1.29 is 4.74 Å². The van der Waals surface area contributed by atoms with Gasteiger partial charge in [0.05, 0.1) is 19.4 Å². The van der Waals surface area contributed by atoms with Crippen LogP contribution in [0.15, 0.2) is 19.0 Å². The van der Waals surface area contributed by atoms with Gasteiger partial charge in [-0.1, -0.05) is 6.58 Å². The molecule has 1 aliphatic rings. The van der Waals surface area contributed by atoms with Gasteiger partial charge in [-0.15, -0.1) is 0 Å². The molecule has 1 fully saturated rings. The third kappa shape index (κ3) is 4.25. The van der Waals surface area contributed by atoms with Crippen molar-refractivity contribution in [2.45, 2.75) is 13.0 Å². The van der Waals surface area contributed by atoms with E-state index in [-0.39, 0.29) is 0 Å². The summed E-state index contributed by atoms with van der Waals surface area (Å²) < 4.78 is 7.05. The third-order valence-corrected chi connectivity index (χ3v) is 3.10. The topological polar surface area (TPSA) is 42.3 Å². The first-order chi connectivity index (χ1) is 8.88. The Hall–Kier alpha value is -1.17. The fourth-order valence-corrected chi connectivity index (χ4v) is 2.05. The lowest BCUT2D eigenvalue weighted by atomic mass is 10.3. The maximum absolute atomic E-state index is 5.32. The van der Waals surface area contributed by atoms with Crippen molar-refractivity contribution in [1.29, 1.82) is 0 Å². The molecule has 1 aliphatic heterocycles. The summed E-state index contributed by atoms with van der Waals surface area (Å²) in [6.07, 6.45) is 6.73. The van der Waals surface area contributed by atoms with Crippen LogP contribution >= 0.6 is 0 Å². The van der Waals surface area contributed by atoms with Crippen molar-refractivity contribution in [3.63, 3.8) is 0 Å². The van der Waals surface area contributed by atoms with Crippen molar-refractivity contribution in [2.75, 3.05) is 39.4 Å². The van der Waals surface area contributed by atoms with E-state index in [0.29, 0.717) is 0 Å². The summed E-state index contributed by atoms with van der Waals surface area (Å²) >= 11 is 0. The van der Waals surface area contributed by atoms with Crippen LogP contribution in [0.2, 0.25) is 0 Å². The Morgan fingerprint density at radius 2 is 2.28 bits per heavy atom. The molecule has 1 aromatic rings. The van der Waals surface area contributed by atoms with Gasteiger partial charge >= 0.3 is 0 Å². The lowest BCUT2D eigenvalue weighted by Gasteiger charge is -2.26. The van der Waals surface area contributed by atoms with E-state index in [1.54, 1.807) is 10.9 Å². The molecule has 2 rings (SSSR count). The molecule has 5 nitrogen and oxygen atoms in total. The molecule has 0 unspecified atom stereocenters. The molecule has 18 heavy (non-hydrogen) atoms. The minimum atomic E-state index is 0.872. The zero-order chi connectivity index (χ0) is 12.6. The quantitative estimate of drug-likeness (QED) is 0.727. The molecular weight excluding hydrogens is 228 g/mol. The molecule has 1 saturated heterocycles. The molecule has 0 bridgehead atoms. The lowest BCUT2D eigenvalue weighted by molar-refractivity contribution is 0.0374. The minimum Gasteiger partial charge on any atom is -0.379 e. The SMILES string of the molecule is C=Cn1cc(CNCCCN2CCOCC2)cn1. The summed E-state index contributed by atoms with van der Waals surface area (Å²) in [4.78, 5) is 2.46. The van der Waals surface area contributed by atoms with Crippen LogP contribution in [-0.2, 0) is 11.3 Å². The van der Waals surface area contributed by atoms with Crippen LogP contribution in [0.1, 0.15) is 12.0 Å². The van der Waals surface area contributed by atoms with Crippen molar-refractivity contribution in [1.82, 2.24) is 20.0 Å². The molecule has 0 atom stereocenters. The summed E-state index contributed by atoms with van der Waals surface area (Å²) in [6, 6.07) is 0. The molecule has 5 heteroatoms. The van der Waals surface area contributed by atoms with Crippen molar-refractivity contribution in [3.8, 4) is 0 Å². The standard InChI is InChI=1S/C13H22N4O/c1-2-17-12-13(11-15-17)10-14-4-3-5-16-6-8-18-9-7-16/h2,11-12,14H,1,3-10H2. The van der Waals surface area contributed by atoms with E-state index in [2.05, 4.69) is 21.9 Å². The molecule has 0 aliphatic carbocycles. The molecule has 0 saturated carbocycles. The minimum absolute atomic E-state index is 0.872. The number of hydrogen-bond acceptors (Lipinski definition) is 4. The fourth-order valence-electron chi connectivity index (χ4n) is 2.05. The maximum atomic E-state index is 5.32. The third-order valence-electron chi connectivity index (χ3n) is 3.10. The number of aromatic nitrogens is 2. The summed E-state index contributed by atoms with van der Waals surface area (Å²) in [5.74, 6) is 0. The van der Waals surface area contributed by atoms with Gasteiger partial charge < -0.3 is 10.1 Å². The summed E-state index contributed by atoms with van der Waals surface area (Å²) in [5, 5.41) is 7.58. The Kier molecular flexibility index (Phi) is 5.38. The highest BCUT2D eigenvalue weighted by Gasteiger charge is 2.08. The van der Waals surface area contributed by atoms with E-state index in [0.717, 1.165) is 45.9 Å². The van der Waals surface area contributed by atoms with Crippen molar-refractivity contribution >= 4 is 6.20 Å². The van der Waals surface area contributed by atoms with Gasteiger partial charge in [0.2, 0.25) is 0 Å². The fraction of sp³-hybridized carbons (Fsp3) is 0.615. The van der Waals surface area contributed by atoms with E-state index in [4.69, 9.17) is 4.74 Å². The number of hydrogen-bond donors (Lipinski definition) is 1. The highest BCUT2D eigenvalue weighted by molar-refractivity contribution is 5.17. The van der Waals surface area contributed by atoms with Gasteiger partial charge in [-0.25, -0.2) is 4.68 Å². The van der Waals surface area contributed by atoms with E-state index in [9.17, 15) is 0 Å². The number of nitrogens with one attached hydrogen (secondary N) is 1. The molecule has 0 radical (unpaired) electrons. The number of morpholine rings is 1. The first-order valence-electron chi connectivity index (χ1n) is 6.55. The van der Waals surface area contributed by atoms with Gasteiger partial charge in [-0.05, 0) is 19.5 Å². The Morgan fingerprint density at radius 3 is 3.00 bits per heavy atom. The average Bonchev–Trinajstić information content (AvgIpc) is 2.87. The van der Waals surface area contributed by atoms with Gasteiger partial charge in [0.25, 0.3) is 0 Å². The Balaban J connectivity index is 1.54. The summed E-state index contributed by atoms with van der Waals surface area (Å²) in [6.45, 7) is 10.7. The van der Waals surface area contributed by atoms with Gasteiger partial charge in [-0.2, -0.15) is 5.10 Å². The predicted octanol–water partition coefficient (Wildman–Crippen LogP) is 0.795. The Bertz CT molecular complexity index is 358. The highest BCUT2D eigenvalue weighted by atomic mass is 16.5. The van der Waals surface area contributed by atoms with Crippen LogP contribution in [0, 0.1) is 0 Å². The zero-order valence-electron chi connectivity index (χ0n) is 10.8. The van der Waals surface area contributed by atoms with E-state index in [1.807, 2.05) is 12.4 Å². The molecule has 0 aromatic carbocycles. The highest BCUT2D eigenvalue weighted by Crippen LogP contribution is 1.99. The van der Waals surface area contributed by atoms with E-state index >= 15 is 0 Å². The largest absolute Gasteiger partial charge is 0.379 e. The molecule has 1 N–H and O–H groups in total. The predicted molar refractivity (Wildman–Crippen MR) is 72.2 cm³/mol. The van der Waals surface area contributed by atoms with Crippen LogP contribution in [0.3, 0.4) is 0 Å². The Morgan fingerprint density at radius 1 is 1.44 bits per heavy atom. The summed E-state index contributed by atoms with van der Waals surface area (Å²) in [7, 11) is 0. The van der Waals surface area contributed by atoms with Crippen LogP contribution in [0.25, 0.3) is 6.20 Å². The van der Waals surface area contributed by atoms with Crippen molar-refractivity contribution in [2.24, 2.45) is 0 Å². The van der Waals surface area contributed by atoms with Gasteiger partial charge in [0.1, 0.15) is 0 Å². The van der Waals surface area contributed by atoms with E-state index in [1.165, 1.54) is 12.0 Å². The second-order valence-electron chi connectivity index (χ2n) is 4.50. The maximum Gasteiger partial charge on any atom is 0.0594 e. The number of rotatable bonds is 7. The molecule has 2 heterocycles. The monoisotopic (exact) mass is 250 g/mol. The number of ether oxygens (including phenoxy) is 1. The molecule has 100 valence electrons. The second-order valence-corrected chi connectivity index (χ2v) is 4.50. The summed E-state index contributed by atoms with van der Waals surface area (Å²) in [5.41, 5.74) is 1.20. The van der Waals surface area contributed by atoms with Crippen LogP contribution < -0.4 is 5.32 Å². The first-order valence-corrected chi connectivity index (χ1v) is 6.55.